The van der Waals surface area contributed by atoms with Gasteiger partial charge in [-0.05, 0) is 31.0 Å². The summed E-state index contributed by atoms with van der Waals surface area (Å²) < 4.78 is 3.11. The minimum Gasteiger partial charge on any atom is -0.318 e. The zero-order valence-corrected chi connectivity index (χ0v) is 10.5. The van der Waals surface area contributed by atoms with Gasteiger partial charge in [-0.25, -0.2) is 4.98 Å². The molecule has 0 atom stereocenters. The third-order valence-corrected chi connectivity index (χ3v) is 3.37. The number of carbonyl (C=O) groups is 1. The number of benzene rings is 1. The molecule has 4 heteroatoms. The van der Waals surface area contributed by atoms with Crippen molar-refractivity contribution in [2.75, 3.05) is 0 Å². The van der Waals surface area contributed by atoms with Crippen molar-refractivity contribution >= 4 is 32.7 Å². The predicted octanol–water partition coefficient (Wildman–Crippen LogP) is 3.34. The van der Waals surface area contributed by atoms with Crippen LogP contribution in [0.5, 0.6) is 0 Å². The Kier molecular flexibility index (Phi) is 2.14. The molecule has 3 rings (SSSR count). The Hall–Kier alpha value is -1.16. The number of carbonyl (C=O) groups excluding carboxylic acids is 1. The van der Waals surface area contributed by atoms with Crippen LogP contribution < -0.4 is 0 Å². The average molecular weight is 279 g/mol. The molecule has 0 amide bonds. The lowest BCUT2D eigenvalue weighted by molar-refractivity contribution is 0.1000. The highest BCUT2D eigenvalue weighted by molar-refractivity contribution is 9.10. The minimum absolute atomic E-state index is 0.0409. The van der Waals surface area contributed by atoms with Crippen molar-refractivity contribution in [3.8, 4) is 0 Å². The standard InChI is InChI=1S/C12H11BrN2O/c1-7(16)12-14-10-5-2-8(13)6-11(10)15(12)9-3-4-9/h2,5-6,9H,3-4H2,1H3. The van der Waals surface area contributed by atoms with Crippen molar-refractivity contribution in [1.29, 1.82) is 0 Å². The smallest absolute Gasteiger partial charge is 0.195 e. The molecule has 1 saturated carbocycles. The number of imidazole rings is 1. The second kappa shape index (κ2) is 3.42. The Morgan fingerprint density at radius 2 is 2.25 bits per heavy atom. The molecule has 1 aromatic heterocycles. The summed E-state index contributed by atoms with van der Waals surface area (Å²) in [4.78, 5) is 16.0. The van der Waals surface area contributed by atoms with E-state index >= 15 is 0 Å². The fourth-order valence-corrected chi connectivity index (χ4v) is 2.37. The molecule has 0 aliphatic heterocycles. The van der Waals surface area contributed by atoms with E-state index in [1.807, 2.05) is 18.2 Å². The predicted molar refractivity (Wildman–Crippen MR) is 65.7 cm³/mol. The van der Waals surface area contributed by atoms with Crippen LogP contribution in [0.25, 0.3) is 11.0 Å². The third kappa shape index (κ3) is 1.48. The summed E-state index contributed by atoms with van der Waals surface area (Å²) in [5.74, 6) is 0.634. The van der Waals surface area contributed by atoms with E-state index in [-0.39, 0.29) is 5.78 Å². The quantitative estimate of drug-likeness (QED) is 0.790. The van der Waals surface area contributed by atoms with Gasteiger partial charge in [0.2, 0.25) is 0 Å². The highest BCUT2D eigenvalue weighted by atomic mass is 79.9. The van der Waals surface area contributed by atoms with Gasteiger partial charge in [-0.2, -0.15) is 0 Å². The second-order valence-corrected chi connectivity index (χ2v) is 5.14. The van der Waals surface area contributed by atoms with Gasteiger partial charge in [-0.15, -0.1) is 0 Å². The van der Waals surface area contributed by atoms with E-state index < -0.39 is 0 Å². The number of hydrogen-bond donors (Lipinski definition) is 0. The summed E-state index contributed by atoms with van der Waals surface area (Å²) in [6, 6.07) is 6.41. The summed E-state index contributed by atoms with van der Waals surface area (Å²) in [6.07, 6.45) is 2.30. The maximum Gasteiger partial charge on any atom is 0.195 e. The van der Waals surface area contributed by atoms with Crippen LogP contribution in [0, 0.1) is 0 Å². The molecule has 82 valence electrons. The molecule has 0 unspecified atom stereocenters. The minimum atomic E-state index is 0.0409. The molecule has 0 spiro atoms. The molecule has 16 heavy (non-hydrogen) atoms. The highest BCUT2D eigenvalue weighted by Gasteiger charge is 2.29. The van der Waals surface area contributed by atoms with Gasteiger partial charge >= 0.3 is 0 Å². The molecule has 1 aliphatic carbocycles. The molecule has 1 aliphatic rings. The lowest BCUT2D eigenvalue weighted by Gasteiger charge is -2.04. The van der Waals surface area contributed by atoms with Crippen LogP contribution in [-0.2, 0) is 0 Å². The van der Waals surface area contributed by atoms with Gasteiger partial charge < -0.3 is 4.57 Å². The lowest BCUT2D eigenvalue weighted by Crippen LogP contribution is -2.05. The van der Waals surface area contributed by atoms with Crippen LogP contribution in [0.1, 0.15) is 36.4 Å². The van der Waals surface area contributed by atoms with E-state index in [0.717, 1.165) is 28.3 Å². The Balaban J connectivity index is 2.33. The molecule has 0 radical (unpaired) electrons. The van der Waals surface area contributed by atoms with Gasteiger partial charge in [-0.1, -0.05) is 15.9 Å². The van der Waals surface area contributed by atoms with Crippen molar-refractivity contribution in [1.82, 2.24) is 9.55 Å². The number of nitrogens with zero attached hydrogens (tertiary/aromatic N) is 2. The first-order chi connectivity index (χ1) is 7.66. The normalized spacial score (nSPS) is 15.6. The molecule has 2 aromatic rings. The van der Waals surface area contributed by atoms with Crippen molar-refractivity contribution < 1.29 is 4.79 Å². The van der Waals surface area contributed by atoms with E-state index in [9.17, 15) is 4.79 Å². The second-order valence-electron chi connectivity index (χ2n) is 4.23. The fraction of sp³-hybridized carbons (Fsp3) is 0.333. The van der Waals surface area contributed by atoms with E-state index in [2.05, 4.69) is 25.5 Å². The monoisotopic (exact) mass is 278 g/mol. The summed E-state index contributed by atoms with van der Waals surface area (Å²) >= 11 is 3.46. The van der Waals surface area contributed by atoms with Crippen LogP contribution in [0.2, 0.25) is 0 Å². The summed E-state index contributed by atoms with van der Waals surface area (Å²) in [7, 11) is 0. The van der Waals surface area contributed by atoms with Gasteiger partial charge in [-0.3, -0.25) is 4.79 Å². The number of rotatable bonds is 2. The first-order valence-electron chi connectivity index (χ1n) is 5.35. The summed E-state index contributed by atoms with van der Waals surface area (Å²) in [5, 5.41) is 0. The van der Waals surface area contributed by atoms with Gasteiger partial charge in [0.25, 0.3) is 0 Å². The number of fused-ring (bicyclic) bond motifs is 1. The first kappa shape index (κ1) is 10.0. The number of Topliss-reactive ketones (excluding diaryl/α,β-unsaturated/α-hetero) is 1. The van der Waals surface area contributed by atoms with Gasteiger partial charge in [0, 0.05) is 17.4 Å². The van der Waals surface area contributed by atoms with Crippen molar-refractivity contribution in [3.05, 3.63) is 28.5 Å². The van der Waals surface area contributed by atoms with Crippen LogP contribution in [0.3, 0.4) is 0 Å². The molecule has 3 nitrogen and oxygen atoms in total. The first-order valence-corrected chi connectivity index (χ1v) is 6.14. The van der Waals surface area contributed by atoms with E-state index in [0.29, 0.717) is 11.9 Å². The van der Waals surface area contributed by atoms with E-state index in [4.69, 9.17) is 0 Å². The van der Waals surface area contributed by atoms with Crippen molar-refractivity contribution in [3.63, 3.8) is 0 Å². The Morgan fingerprint density at radius 3 is 2.88 bits per heavy atom. The Bertz CT molecular complexity index is 584. The maximum atomic E-state index is 11.6. The zero-order chi connectivity index (χ0) is 11.3. The van der Waals surface area contributed by atoms with Crippen molar-refractivity contribution in [2.45, 2.75) is 25.8 Å². The van der Waals surface area contributed by atoms with E-state index in [1.54, 1.807) is 6.92 Å². The van der Waals surface area contributed by atoms with E-state index in [1.165, 1.54) is 0 Å². The third-order valence-electron chi connectivity index (χ3n) is 2.88. The van der Waals surface area contributed by atoms with Crippen LogP contribution >= 0.6 is 15.9 Å². The van der Waals surface area contributed by atoms with Gasteiger partial charge in [0.1, 0.15) is 0 Å². The fourth-order valence-electron chi connectivity index (χ4n) is 2.02. The highest BCUT2D eigenvalue weighted by Crippen LogP contribution is 2.39. The zero-order valence-electron chi connectivity index (χ0n) is 8.90. The maximum absolute atomic E-state index is 11.6. The van der Waals surface area contributed by atoms with Crippen LogP contribution in [-0.4, -0.2) is 15.3 Å². The lowest BCUT2D eigenvalue weighted by atomic mass is 10.3. The Morgan fingerprint density at radius 1 is 1.50 bits per heavy atom. The van der Waals surface area contributed by atoms with Gasteiger partial charge in [0.15, 0.2) is 11.6 Å². The molecular weight excluding hydrogens is 268 g/mol. The van der Waals surface area contributed by atoms with Crippen LogP contribution in [0.4, 0.5) is 0 Å². The largest absolute Gasteiger partial charge is 0.318 e. The summed E-state index contributed by atoms with van der Waals surface area (Å²) in [5.41, 5.74) is 1.96. The Labute approximate surface area is 102 Å². The van der Waals surface area contributed by atoms with Gasteiger partial charge in [0.05, 0.1) is 11.0 Å². The molecule has 1 aromatic carbocycles. The van der Waals surface area contributed by atoms with Crippen LogP contribution in [0.15, 0.2) is 22.7 Å². The number of halogens is 1. The number of ketones is 1. The molecule has 0 N–H and O–H groups in total. The SMILES string of the molecule is CC(=O)c1nc2ccc(Br)cc2n1C1CC1. The molecule has 0 bridgehead atoms. The average Bonchev–Trinajstić information content (AvgIpc) is 2.99. The molecular formula is C12H11BrN2O. The number of hydrogen-bond acceptors (Lipinski definition) is 2. The van der Waals surface area contributed by atoms with Crippen molar-refractivity contribution in [2.24, 2.45) is 0 Å². The molecule has 1 heterocycles. The molecule has 0 saturated heterocycles. The summed E-state index contributed by atoms with van der Waals surface area (Å²) in [6.45, 7) is 1.58. The topological polar surface area (TPSA) is 34.9 Å². The number of aromatic nitrogens is 2. The molecule has 1 fully saturated rings.